The monoisotopic (exact) mass is 485 g/mol. The number of likely N-dealkylation sites (tertiary alicyclic amines) is 1. The number of hydrogen-bond donors (Lipinski definition) is 1. The van der Waals surface area contributed by atoms with Crippen molar-refractivity contribution in [2.24, 2.45) is 0 Å². The Bertz CT molecular complexity index is 994. The number of benzene rings is 1. The van der Waals surface area contributed by atoms with Gasteiger partial charge in [0.2, 0.25) is 0 Å². The van der Waals surface area contributed by atoms with Gasteiger partial charge in [0.1, 0.15) is 16.3 Å². The van der Waals surface area contributed by atoms with Crippen LogP contribution in [-0.4, -0.2) is 47.0 Å². The Morgan fingerprint density at radius 3 is 2.79 bits per heavy atom. The van der Waals surface area contributed by atoms with E-state index in [-0.39, 0.29) is 28.4 Å². The lowest BCUT2D eigenvalue weighted by atomic mass is 10.1. The molecule has 2 heterocycles. The number of nitrogens with one attached hydrogen (secondary N) is 1. The van der Waals surface area contributed by atoms with Crippen LogP contribution in [0.3, 0.4) is 0 Å². The SMILES string of the molecule is Cc1cc2c(NC3CCN(C(=O)OC(C)(C)C)C3)c(C=O)c(Cl)nc2c(F)c1Br. The smallest absolute Gasteiger partial charge is 0.410 e. The summed E-state index contributed by atoms with van der Waals surface area (Å²) in [5.41, 5.74) is 0.741. The van der Waals surface area contributed by atoms with E-state index in [9.17, 15) is 14.0 Å². The first-order valence-corrected chi connectivity index (χ1v) is 10.4. The van der Waals surface area contributed by atoms with Crippen LogP contribution in [-0.2, 0) is 4.74 Å². The number of nitrogens with zero attached hydrogens (tertiary/aromatic N) is 2. The number of carbonyl (C=O) groups excluding carboxylic acids is 2. The number of halogens is 3. The third-order valence-corrected chi connectivity index (χ3v) is 5.90. The highest BCUT2D eigenvalue weighted by atomic mass is 79.9. The van der Waals surface area contributed by atoms with Crippen LogP contribution in [0.25, 0.3) is 10.9 Å². The van der Waals surface area contributed by atoms with Gasteiger partial charge in [-0.1, -0.05) is 11.6 Å². The van der Waals surface area contributed by atoms with Gasteiger partial charge in [0.05, 0.1) is 15.7 Å². The van der Waals surface area contributed by atoms with E-state index in [0.717, 1.165) is 0 Å². The first-order valence-electron chi connectivity index (χ1n) is 9.19. The average Bonchev–Trinajstić information content (AvgIpc) is 3.09. The largest absolute Gasteiger partial charge is 0.444 e. The van der Waals surface area contributed by atoms with E-state index in [4.69, 9.17) is 16.3 Å². The summed E-state index contributed by atoms with van der Waals surface area (Å²) in [6.45, 7) is 8.10. The van der Waals surface area contributed by atoms with Crippen LogP contribution < -0.4 is 5.32 Å². The third kappa shape index (κ3) is 4.48. The second-order valence-corrected chi connectivity index (χ2v) is 9.23. The fourth-order valence-corrected chi connectivity index (χ4v) is 3.81. The van der Waals surface area contributed by atoms with Gasteiger partial charge in [-0.2, -0.15) is 0 Å². The summed E-state index contributed by atoms with van der Waals surface area (Å²) >= 11 is 9.38. The van der Waals surface area contributed by atoms with Crippen LogP contribution >= 0.6 is 27.5 Å². The molecule has 0 radical (unpaired) electrons. The summed E-state index contributed by atoms with van der Waals surface area (Å²) < 4.78 is 20.5. The number of aromatic nitrogens is 1. The average molecular weight is 487 g/mol. The zero-order valence-corrected chi connectivity index (χ0v) is 18.9. The number of hydrogen-bond acceptors (Lipinski definition) is 5. The van der Waals surface area contributed by atoms with E-state index >= 15 is 0 Å². The van der Waals surface area contributed by atoms with Crippen LogP contribution in [0.15, 0.2) is 10.5 Å². The van der Waals surface area contributed by atoms with Gasteiger partial charge in [0, 0.05) is 24.5 Å². The maximum atomic E-state index is 14.7. The van der Waals surface area contributed by atoms with Crippen molar-refractivity contribution in [3.05, 3.63) is 32.6 Å². The Hall–Kier alpha value is -1.93. The van der Waals surface area contributed by atoms with E-state index in [1.54, 1.807) is 17.9 Å². The predicted octanol–water partition coefficient (Wildman–Crippen LogP) is 5.33. The molecule has 0 spiro atoms. The molecule has 1 aliphatic rings. The highest BCUT2D eigenvalue weighted by Gasteiger charge is 2.31. The number of fused-ring (bicyclic) bond motifs is 1. The molecule has 6 nitrogen and oxygen atoms in total. The second kappa shape index (κ2) is 8.07. The molecule has 0 saturated carbocycles. The van der Waals surface area contributed by atoms with Crippen LogP contribution in [0.4, 0.5) is 14.9 Å². The van der Waals surface area contributed by atoms with E-state index in [1.807, 2.05) is 20.8 Å². The highest BCUT2D eigenvalue weighted by molar-refractivity contribution is 9.10. The Morgan fingerprint density at radius 2 is 2.17 bits per heavy atom. The molecule has 1 unspecified atom stereocenters. The molecule has 0 bridgehead atoms. The number of rotatable bonds is 3. The van der Waals surface area contributed by atoms with Crippen molar-refractivity contribution in [3.63, 3.8) is 0 Å². The molecule has 1 aromatic heterocycles. The molecule has 2 aromatic rings. The number of aldehydes is 1. The van der Waals surface area contributed by atoms with Crippen LogP contribution in [0.1, 0.15) is 43.1 Å². The van der Waals surface area contributed by atoms with Gasteiger partial charge in [0.15, 0.2) is 12.1 Å². The molecule has 1 saturated heterocycles. The van der Waals surface area contributed by atoms with Crippen molar-refractivity contribution in [2.45, 2.75) is 45.8 Å². The van der Waals surface area contributed by atoms with Crippen LogP contribution in [0.5, 0.6) is 0 Å². The second-order valence-electron chi connectivity index (χ2n) is 8.08. The molecule has 1 aromatic carbocycles. The van der Waals surface area contributed by atoms with Crippen molar-refractivity contribution in [1.29, 1.82) is 0 Å². The van der Waals surface area contributed by atoms with Gasteiger partial charge < -0.3 is 15.0 Å². The summed E-state index contributed by atoms with van der Waals surface area (Å²) in [5.74, 6) is -0.538. The van der Waals surface area contributed by atoms with E-state index < -0.39 is 11.4 Å². The molecular formula is C20H22BrClFN3O3. The fraction of sp³-hybridized carbons (Fsp3) is 0.450. The number of pyridine rings is 1. The fourth-order valence-electron chi connectivity index (χ4n) is 3.29. The molecule has 1 aliphatic heterocycles. The Kier molecular flexibility index (Phi) is 6.06. The molecule has 156 valence electrons. The van der Waals surface area contributed by atoms with Crippen molar-refractivity contribution in [1.82, 2.24) is 9.88 Å². The minimum Gasteiger partial charge on any atom is -0.444 e. The lowest BCUT2D eigenvalue weighted by Gasteiger charge is -2.25. The normalized spacial score (nSPS) is 16.9. The van der Waals surface area contributed by atoms with E-state index in [1.165, 1.54) is 0 Å². The summed E-state index contributed by atoms with van der Waals surface area (Å²) in [4.78, 5) is 29.7. The summed E-state index contributed by atoms with van der Waals surface area (Å²) in [7, 11) is 0. The van der Waals surface area contributed by atoms with Gasteiger partial charge >= 0.3 is 6.09 Å². The number of carbonyl (C=O) groups is 2. The maximum Gasteiger partial charge on any atom is 0.410 e. The van der Waals surface area contributed by atoms with Crippen LogP contribution in [0, 0.1) is 12.7 Å². The zero-order chi connectivity index (χ0) is 21.5. The summed E-state index contributed by atoms with van der Waals surface area (Å²) in [5, 5.41) is 3.66. The topological polar surface area (TPSA) is 71.5 Å². The van der Waals surface area contributed by atoms with E-state index in [0.29, 0.717) is 46.9 Å². The molecule has 1 N–H and O–H groups in total. The Morgan fingerprint density at radius 1 is 1.48 bits per heavy atom. The first-order chi connectivity index (χ1) is 13.5. The number of aryl methyl sites for hydroxylation is 1. The Labute approximate surface area is 181 Å². The highest BCUT2D eigenvalue weighted by Crippen LogP contribution is 2.36. The van der Waals surface area contributed by atoms with Gasteiger partial charge in [-0.25, -0.2) is 14.2 Å². The quantitative estimate of drug-likeness (QED) is 0.469. The number of amides is 1. The molecular weight excluding hydrogens is 465 g/mol. The van der Waals surface area contributed by atoms with Crippen molar-refractivity contribution in [3.8, 4) is 0 Å². The molecule has 1 amide bonds. The molecule has 0 aliphatic carbocycles. The minimum absolute atomic E-state index is 0.0718. The molecule has 9 heteroatoms. The molecule has 29 heavy (non-hydrogen) atoms. The lowest BCUT2D eigenvalue weighted by Crippen LogP contribution is -2.36. The summed E-state index contributed by atoms with van der Waals surface area (Å²) in [6, 6.07) is 1.61. The van der Waals surface area contributed by atoms with Crippen molar-refractivity contribution < 1.29 is 18.7 Å². The molecule has 3 rings (SSSR count). The standard InChI is InChI=1S/C20H22BrClFN3O3/c1-10-7-12-16(13(9-27)18(22)25-17(12)15(23)14(10)21)24-11-5-6-26(8-11)19(28)29-20(2,3)4/h7,9,11H,5-6,8H2,1-4H3,(H,24,25). The summed E-state index contributed by atoms with van der Waals surface area (Å²) in [6.07, 6.45) is 0.866. The van der Waals surface area contributed by atoms with Gasteiger partial charge in [-0.05, 0) is 61.7 Å². The predicted molar refractivity (Wildman–Crippen MR) is 114 cm³/mol. The maximum absolute atomic E-state index is 14.7. The first kappa shape index (κ1) is 21.8. The zero-order valence-electron chi connectivity index (χ0n) is 16.6. The van der Waals surface area contributed by atoms with Gasteiger partial charge in [-0.3, -0.25) is 4.79 Å². The number of ether oxygens (including phenoxy) is 1. The molecule has 1 atom stereocenters. The Balaban J connectivity index is 1.94. The number of anilines is 1. The van der Waals surface area contributed by atoms with Crippen LogP contribution in [0.2, 0.25) is 5.15 Å². The minimum atomic E-state index is -0.579. The van der Waals surface area contributed by atoms with Gasteiger partial charge in [0.25, 0.3) is 0 Å². The van der Waals surface area contributed by atoms with E-state index in [2.05, 4.69) is 26.2 Å². The lowest BCUT2D eigenvalue weighted by molar-refractivity contribution is 0.0293. The van der Waals surface area contributed by atoms with Crippen molar-refractivity contribution >= 4 is 56.5 Å². The van der Waals surface area contributed by atoms with Gasteiger partial charge in [-0.15, -0.1) is 0 Å². The molecule has 1 fully saturated rings. The third-order valence-electron chi connectivity index (χ3n) is 4.64. The van der Waals surface area contributed by atoms with Crippen molar-refractivity contribution in [2.75, 3.05) is 18.4 Å².